The number of aliphatic hydroxyl groups is 1. The van der Waals surface area contributed by atoms with Crippen LogP contribution in [0.15, 0.2) is 12.1 Å². The topological polar surface area (TPSA) is 61.8 Å². The number of amides is 1. The van der Waals surface area contributed by atoms with Gasteiger partial charge in [-0.15, -0.1) is 0 Å². The SMILES string of the molecule is [B][I-]CCOc1cc2c(cc1F)C[C@H](CO)NC(=O)[C@@H](C(C)C)N2C. The molecule has 8 heteroatoms. The van der Waals surface area contributed by atoms with Gasteiger partial charge in [-0.2, -0.15) is 0 Å². The van der Waals surface area contributed by atoms with E-state index in [-0.39, 0.29) is 24.2 Å². The van der Waals surface area contributed by atoms with Crippen LogP contribution in [0.2, 0.25) is 0 Å². The first-order valence-corrected chi connectivity index (χ1v) is 11.0. The summed E-state index contributed by atoms with van der Waals surface area (Å²) in [4.78, 5) is 14.4. The van der Waals surface area contributed by atoms with E-state index < -0.39 is 38.9 Å². The van der Waals surface area contributed by atoms with Crippen molar-refractivity contribution in [2.45, 2.75) is 32.4 Å². The summed E-state index contributed by atoms with van der Waals surface area (Å²) < 4.78 is 20.7. The molecule has 0 aliphatic carbocycles. The summed E-state index contributed by atoms with van der Waals surface area (Å²) in [5.74, 6) is -0.354. The number of carbonyl (C=O) groups excluding carboxylic acids is 1. The molecule has 2 radical (unpaired) electrons. The van der Waals surface area contributed by atoms with Crippen LogP contribution in [0, 0.1) is 11.7 Å². The number of carbonyl (C=O) groups is 1. The number of rotatable bonds is 6. The van der Waals surface area contributed by atoms with Gasteiger partial charge in [0.15, 0.2) is 0 Å². The van der Waals surface area contributed by atoms with Gasteiger partial charge in [-0.25, -0.2) is 0 Å². The zero-order valence-corrected chi connectivity index (χ0v) is 16.9. The van der Waals surface area contributed by atoms with Crippen LogP contribution in [0.4, 0.5) is 10.1 Å². The van der Waals surface area contributed by atoms with Crippen molar-refractivity contribution in [1.29, 1.82) is 0 Å². The number of alkyl halides is 1. The van der Waals surface area contributed by atoms with Gasteiger partial charge in [0.25, 0.3) is 0 Å². The van der Waals surface area contributed by atoms with Crippen LogP contribution < -0.4 is 35.9 Å². The molecule has 1 heterocycles. The second-order valence-electron chi connectivity index (χ2n) is 6.50. The predicted molar refractivity (Wildman–Crippen MR) is 92.3 cm³/mol. The van der Waals surface area contributed by atoms with Crippen LogP contribution in [0.25, 0.3) is 0 Å². The molecule has 0 aromatic heterocycles. The van der Waals surface area contributed by atoms with Crippen LogP contribution in [0.3, 0.4) is 0 Å². The number of halogens is 2. The molecule has 0 fully saturated rings. The first-order valence-electron chi connectivity index (χ1n) is 8.26. The van der Waals surface area contributed by atoms with Crippen molar-refractivity contribution in [2.75, 3.05) is 29.6 Å². The molecule has 138 valence electrons. The minimum absolute atomic E-state index is 0.0479. The number of benzene rings is 1. The molecule has 25 heavy (non-hydrogen) atoms. The van der Waals surface area contributed by atoms with Crippen LogP contribution in [-0.4, -0.2) is 53.5 Å². The van der Waals surface area contributed by atoms with Gasteiger partial charge in [0.2, 0.25) is 0 Å². The Hall–Kier alpha value is -1.03. The Morgan fingerprint density at radius 1 is 1.52 bits per heavy atom. The molecule has 1 aliphatic heterocycles. The third-order valence-corrected chi connectivity index (χ3v) is 5.37. The van der Waals surface area contributed by atoms with E-state index in [1.807, 2.05) is 25.8 Å². The summed E-state index contributed by atoms with van der Waals surface area (Å²) in [6.07, 6.45) is 0.359. The van der Waals surface area contributed by atoms with Gasteiger partial charge < -0.3 is 0 Å². The molecular weight excluding hydrogens is 437 g/mol. The van der Waals surface area contributed by atoms with Crippen molar-refractivity contribution in [3.05, 3.63) is 23.5 Å². The van der Waals surface area contributed by atoms with Crippen LogP contribution in [0.1, 0.15) is 19.4 Å². The Kier molecular flexibility index (Phi) is 7.36. The van der Waals surface area contributed by atoms with Gasteiger partial charge in [-0.3, -0.25) is 0 Å². The third-order valence-electron chi connectivity index (χ3n) is 4.31. The number of hydrogen-bond acceptors (Lipinski definition) is 4. The molecule has 0 saturated heterocycles. The number of nitrogens with zero attached hydrogens (tertiary/aromatic N) is 1. The Labute approximate surface area is 159 Å². The molecule has 1 aromatic rings. The molecule has 1 aromatic carbocycles. The number of anilines is 1. The second-order valence-corrected chi connectivity index (χ2v) is 8.45. The van der Waals surface area contributed by atoms with E-state index >= 15 is 0 Å². The fourth-order valence-electron chi connectivity index (χ4n) is 3.17. The zero-order valence-electron chi connectivity index (χ0n) is 14.8. The quantitative estimate of drug-likeness (QED) is 0.220. The normalized spacial score (nSPS) is 20.9. The summed E-state index contributed by atoms with van der Waals surface area (Å²) in [6, 6.07) is 2.24. The molecule has 2 atom stereocenters. The van der Waals surface area contributed by atoms with Gasteiger partial charge in [0, 0.05) is 0 Å². The number of fused-ring (bicyclic) bond motifs is 1. The van der Waals surface area contributed by atoms with E-state index in [4.69, 9.17) is 10.4 Å². The molecule has 0 spiro atoms. The standard InChI is InChI=1S/C17H24BFIN2O3/c1-10(2)16-17(24)21-12(9-23)6-11-7-13(19)15(25-5-4-20-18)8-14(11)22(16)3/h7-8,10,12,16,23H,4-6,9H2,1-3H3,(H,21,24)/q-1/t12-,16-/m1/s1. The number of nitrogens with one attached hydrogen (secondary N) is 1. The summed E-state index contributed by atoms with van der Waals surface area (Å²) in [5.41, 5.74) is 7.05. The first kappa shape index (κ1) is 20.3. The number of aliphatic hydroxyl groups excluding tert-OH is 1. The van der Waals surface area contributed by atoms with E-state index in [0.29, 0.717) is 13.0 Å². The molecule has 2 rings (SSSR count). The van der Waals surface area contributed by atoms with Crippen molar-refractivity contribution in [3.8, 4) is 5.75 Å². The Morgan fingerprint density at radius 3 is 2.84 bits per heavy atom. The molecule has 1 aliphatic rings. The van der Waals surface area contributed by atoms with Gasteiger partial charge in [-0.1, -0.05) is 0 Å². The summed E-state index contributed by atoms with van der Waals surface area (Å²) >= 11 is -0.397. The molecular formula is C17H24BFIN2O3-. The first-order chi connectivity index (χ1) is 11.9. The van der Waals surface area contributed by atoms with Crippen LogP contribution >= 0.6 is 0 Å². The minimum atomic E-state index is -0.438. The zero-order chi connectivity index (χ0) is 18.6. The van der Waals surface area contributed by atoms with E-state index in [1.54, 1.807) is 6.07 Å². The fourth-order valence-corrected chi connectivity index (χ4v) is 3.64. The molecule has 2 N–H and O–H groups in total. The summed E-state index contributed by atoms with van der Waals surface area (Å²) in [6.45, 7) is 4.11. The van der Waals surface area contributed by atoms with Crippen LogP contribution in [-0.2, 0) is 11.2 Å². The average Bonchev–Trinajstić information content (AvgIpc) is 2.54. The molecule has 0 bridgehead atoms. The molecule has 0 saturated carbocycles. The summed E-state index contributed by atoms with van der Waals surface area (Å²) in [7, 11) is 1.83. The number of ether oxygens (including phenoxy) is 1. The fraction of sp³-hybridized carbons (Fsp3) is 0.588. The third kappa shape index (κ3) is 4.78. The van der Waals surface area contributed by atoms with E-state index in [9.17, 15) is 14.3 Å². The number of hydrogen-bond donors (Lipinski definition) is 2. The maximum atomic E-state index is 14.4. The van der Waals surface area contributed by atoms with E-state index in [1.165, 1.54) is 6.07 Å². The Balaban J connectivity index is 2.45. The van der Waals surface area contributed by atoms with Gasteiger partial charge in [-0.05, 0) is 0 Å². The van der Waals surface area contributed by atoms with Crippen molar-refractivity contribution in [1.82, 2.24) is 5.32 Å². The molecule has 5 nitrogen and oxygen atoms in total. The predicted octanol–water partition coefficient (Wildman–Crippen LogP) is -2.13. The van der Waals surface area contributed by atoms with Crippen molar-refractivity contribution < 1.29 is 40.0 Å². The number of likely N-dealkylation sites (N-methyl/N-ethyl adjacent to an activating group) is 1. The van der Waals surface area contributed by atoms with Crippen molar-refractivity contribution in [3.63, 3.8) is 0 Å². The van der Waals surface area contributed by atoms with Crippen molar-refractivity contribution >= 4 is 17.3 Å². The molecule has 0 unspecified atom stereocenters. The van der Waals surface area contributed by atoms with Crippen molar-refractivity contribution in [2.24, 2.45) is 5.92 Å². The maximum absolute atomic E-state index is 14.4. The van der Waals surface area contributed by atoms with E-state index in [0.717, 1.165) is 15.7 Å². The van der Waals surface area contributed by atoms with Gasteiger partial charge >= 0.3 is 160 Å². The monoisotopic (exact) mass is 461 g/mol. The average molecular weight is 461 g/mol. The van der Waals surface area contributed by atoms with Crippen LogP contribution in [0.5, 0.6) is 5.75 Å². The van der Waals surface area contributed by atoms with E-state index in [2.05, 4.69) is 5.32 Å². The van der Waals surface area contributed by atoms with Gasteiger partial charge in [0.05, 0.1) is 0 Å². The Bertz CT molecular complexity index is 618. The van der Waals surface area contributed by atoms with Gasteiger partial charge in [0.1, 0.15) is 0 Å². The summed E-state index contributed by atoms with van der Waals surface area (Å²) in [5, 5.41) is 12.4. The Morgan fingerprint density at radius 2 is 2.24 bits per heavy atom. The molecule has 1 amide bonds. The second kappa shape index (κ2) is 9.07.